The molecule has 1 amide bonds. The first-order valence-corrected chi connectivity index (χ1v) is 7.45. The van der Waals surface area contributed by atoms with E-state index in [0.717, 1.165) is 10.2 Å². The largest absolute Gasteiger partial charge is 0.341 e. The Morgan fingerprint density at radius 1 is 1.59 bits per heavy atom. The molecule has 86 valence electrons. The monoisotopic (exact) mass is 262 g/mol. The molecule has 17 heavy (non-hydrogen) atoms. The van der Waals surface area contributed by atoms with Gasteiger partial charge in [-0.1, -0.05) is 11.6 Å². The molecule has 5 heteroatoms. The number of nitrogens with zero attached hydrogens (tertiary/aromatic N) is 1. The van der Waals surface area contributed by atoms with Crippen LogP contribution in [0.1, 0.15) is 10.4 Å². The number of hydrogen-bond donors (Lipinski definition) is 1. The second kappa shape index (κ2) is 5.77. The number of thiazole rings is 1. The Labute approximate surface area is 105 Å². The van der Waals surface area contributed by atoms with E-state index < -0.39 is 0 Å². The van der Waals surface area contributed by atoms with Crippen LogP contribution in [0.4, 0.5) is 0 Å². The lowest BCUT2D eigenvalue weighted by Crippen LogP contribution is -2.23. The summed E-state index contributed by atoms with van der Waals surface area (Å²) < 4.78 is 1.03. The Morgan fingerprint density at radius 3 is 3.29 bits per heavy atom. The van der Waals surface area contributed by atoms with Crippen LogP contribution in [0.15, 0.2) is 23.7 Å². The van der Waals surface area contributed by atoms with Gasteiger partial charge in [0.2, 0.25) is 0 Å². The summed E-state index contributed by atoms with van der Waals surface area (Å²) in [5.74, 6) is 2.80. The smallest absolute Gasteiger partial charge is 0.252 e. The number of aromatic nitrogens is 1. The van der Waals surface area contributed by atoms with Crippen LogP contribution in [-0.2, 0) is 0 Å². The highest BCUT2D eigenvalue weighted by Crippen LogP contribution is 2.18. The third-order valence-corrected chi connectivity index (χ3v) is 3.36. The maximum absolute atomic E-state index is 11.8. The fourth-order valence-corrected chi connectivity index (χ4v) is 2.34. The average Bonchev–Trinajstić information content (AvgIpc) is 2.81. The zero-order valence-electron chi connectivity index (χ0n) is 9.28. The Morgan fingerprint density at radius 2 is 2.47 bits per heavy atom. The molecule has 0 bridgehead atoms. The molecule has 0 aliphatic heterocycles. The summed E-state index contributed by atoms with van der Waals surface area (Å²) >= 11 is 1.53. The number of nitrogens with one attached hydrogen (secondary N) is 1. The quantitative estimate of drug-likeness (QED) is 0.666. The summed E-state index contributed by atoms with van der Waals surface area (Å²) in [5.41, 5.74) is 6.30. The van der Waals surface area contributed by atoms with Crippen molar-refractivity contribution in [2.45, 2.75) is 0 Å². The Balaban J connectivity index is 2.08. The predicted octanol–water partition coefficient (Wildman–Crippen LogP) is 2.30. The summed E-state index contributed by atoms with van der Waals surface area (Å²) in [6.07, 6.45) is 0. The molecule has 1 atom stereocenters. The highest BCUT2D eigenvalue weighted by molar-refractivity contribution is 7.43. The van der Waals surface area contributed by atoms with Gasteiger partial charge in [-0.2, -0.15) is 0 Å². The molecule has 0 spiro atoms. The van der Waals surface area contributed by atoms with Crippen LogP contribution in [-0.4, -0.2) is 24.1 Å². The fraction of sp³-hybridized carbons (Fsp3) is 0.167. The third-order valence-electron chi connectivity index (χ3n) is 2.14. The van der Waals surface area contributed by atoms with E-state index >= 15 is 0 Å². The second-order valence-corrected chi connectivity index (χ2v) is 4.91. The van der Waals surface area contributed by atoms with Crippen molar-refractivity contribution in [3.63, 3.8) is 0 Å². The summed E-state index contributed by atoms with van der Waals surface area (Å²) in [5, 5.41) is 2.77. The van der Waals surface area contributed by atoms with Gasteiger partial charge in [0.05, 0.1) is 22.3 Å². The van der Waals surface area contributed by atoms with Crippen LogP contribution in [0.5, 0.6) is 0 Å². The van der Waals surface area contributed by atoms with Crippen LogP contribution in [0.3, 0.4) is 0 Å². The van der Waals surface area contributed by atoms with E-state index in [2.05, 4.69) is 21.9 Å². The SMILES string of the molecule is CPC#CCNC(=O)c1ccc2ncsc2c1. The second-order valence-electron chi connectivity index (χ2n) is 3.27. The first-order valence-electron chi connectivity index (χ1n) is 5.07. The van der Waals surface area contributed by atoms with Gasteiger partial charge in [0.15, 0.2) is 0 Å². The van der Waals surface area contributed by atoms with Crippen molar-refractivity contribution in [3.05, 3.63) is 29.3 Å². The van der Waals surface area contributed by atoms with Crippen LogP contribution in [0, 0.1) is 11.6 Å². The minimum Gasteiger partial charge on any atom is -0.341 e. The number of carbonyl (C=O) groups is 1. The lowest BCUT2D eigenvalue weighted by atomic mass is 10.2. The van der Waals surface area contributed by atoms with Gasteiger partial charge < -0.3 is 5.32 Å². The number of rotatable bonds is 2. The topological polar surface area (TPSA) is 42.0 Å². The van der Waals surface area contributed by atoms with E-state index in [1.165, 1.54) is 11.3 Å². The van der Waals surface area contributed by atoms with E-state index in [9.17, 15) is 4.79 Å². The van der Waals surface area contributed by atoms with Gasteiger partial charge >= 0.3 is 0 Å². The molecule has 1 heterocycles. The molecule has 0 fully saturated rings. The molecule has 0 aliphatic carbocycles. The minimum atomic E-state index is -0.0889. The Hall–Kier alpha value is -1.43. The first-order chi connectivity index (χ1) is 8.31. The number of amides is 1. The number of hydrogen-bond acceptors (Lipinski definition) is 3. The minimum absolute atomic E-state index is 0.0889. The van der Waals surface area contributed by atoms with Gasteiger partial charge in [0.25, 0.3) is 5.91 Å². The van der Waals surface area contributed by atoms with Crippen LogP contribution >= 0.6 is 19.9 Å². The predicted molar refractivity (Wildman–Crippen MR) is 74.0 cm³/mol. The molecule has 1 aromatic heterocycles. The maximum Gasteiger partial charge on any atom is 0.252 e. The maximum atomic E-state index is 11.8. The molecule has 0 radical (unpaired) electrons. The molecule has 1 unspecified atom stereocenters. The van der Waals surface area contributed by atoms with Gasteiger partial charge in [0, 0.05) is 5.56 Å². The summed E-state index contributed by atoms with van der Waals surface area (Å²) in [4.78, 5) is 16.0. The molecular weight excluding hydrogens is 251 g/mol. The van der Waals surface area contributed by atoms with E-state index in [-0.39, 0.29) is 5.91 Å². The van der Waals surface area contributed by atoms with Gasteiger partial charge in [-0.3, -0.25) is 4.79 Å². The van der Waals surface area contributed by atoms with Crippen LogP contribution in [0.2, 0.25) is 0 Å². The van der Waals surface area contributed by atoms with E-state index in [1.807, 2.05) is 18.8 Å². The number of fused-ring (bicyclic) bond motifs is 1. The van der Waals surface area contributed by atoms with Crippen molar-refractivity contribution in [2.75, 3.05) is 13.2 Å². The lowest BCUT2D eigenvalue weighted by molar-refractivity contribution is 0.0959. The fourth-order valence-electron chi connectivity index (χ4n) is 1.36. The highest BCUT2D eigenvalue weighted by atomic mass is 32.1. The van der Waals surface area contributed by atoms with Crippen molar-refractivity contribution in [1.29, 1.82) is 0 Å². The zero-order chi connectivity index (χ0) is 12.1. The zero-order valence-corrected chi connectivity index (χ0v) is 11.1. The normalized spacial score (nSPS) is 10.4. The molecule has 2 aromatic rings. The molecule has 1 aromatic carbocycles. The van der Waals surface area contributed by atoms with Crippen LogP contribution < -0.4 is 5.32 Å². The standard InChI is InChI=1S/C12H11N2OPS/c1-16-6-2-5-13-12(15)9-3-4-10-11(7-9)17-8-14-10/h3-4,7-8,16H,5H2,1H3,(H,13,15). The molecular formula is C12H11N2OPS. The Kier molecular flexibility index (Phi) is 4.08. The van der Waals surface area contributed by atoms with Gasteiger partial charge in [-0.15, -0.1) is 11.3 Å². The number of carbonyl (C=O) groups excluding carboxylic acids is 1. The first kappa shape index (κ1) is 12.0. The van der Waals surface area contributed by atoms with Crippen molar-refractivity contribution >= 4 is 36.0 Å². The molecule has 0 aliphatic rings. The van der Waals surface area contributed by atoms with Crippen molar-refractivity contribution in [3.8, 4) is 11.6 Å². The summed E-state index contributed by atoms with van der Waals surface area (Å²) in [6.45, 7) is 2.41. The van der Waals surface area contributed by atoms with E-state index in [0.29, 0.717) is 20.7 Å². The van der Waals surface area contributed by atoms with Crippen molar-refractivity contribution in [1.82, 2.24) is 10.3 Å². The molecule has 1 N–H and O–H groups in total. The van der Waals surface area contributed by atoms with Crippen molar-refractivity contribution in [2.24, 2.45) is 0 Å². The Bertz CT molecular complexity index is 597. The molecule has 3 nitrogen and oxygen atoms in total. The molecule has 2 rings (SSSR count). The van der Waals surface area contributed by atoms with Crippen molar-refractivity contribution < 1.29 is 4.79 Å². The van der Waals surface area contributed by atoms with E-state index in [4.69, 9.17) is 0 Å². The third kappa shape index (κ3) is 3.03. The highest BCUT2D eigenvalue weighted by Gasteiger charge is 2.05. The van der Waals surface area contributed by atoms with E-state index in [1.54, 1.807) is 11.6 Å². The van der Waals surface area contributed by atoms with Gasteiger partial charge in [-0.25, -0.2) is 4.98 Å². The average molecular weight is 262 g/mol. The van der Waals surface area contributed by atoms with Gasteiger partial charge in [-0.05, 0) is 33.4 Å². The van der Waals surface area contributed by atoms with Gasteiger partial charge in [0.1, 0.15) is 0 Å². The lowest BCUT2D eigenvalue weighted by Gasteiger charge is -2.00. The number of benzene rings is 1. The molecule has 0 saturated heterocycles. The molecule has 0 saturated carbocycles. The summed E-state index contributed by atoms with van der Waals surface area (Å²) in [6, 6.07) is 5.50. The summed E-state index contributed by atoms with van der Waals surface area (Å²) in [7, 11) is 0.600. The van der Waals surface area contributed by atoms with Crippen LogP contribution in [0.25, 0.3) is 10.2 Å².